The zero-order chi connectivity index (χ0) is 19.8. The van der Waals surface area contributed by atoms with Gasteiger partial charge in [-0.3, -0.25) is 9.48 Å². The van der Waals surface area contributed by atoms with Crippen molar-refractivity contribution in [3.8, 4) is 5.75 Å². The maximum Gasteiger partial charge on any atom is 0.347 e. The molecule has 2 aromatic carbocycles. The van der Waals surface area contributed by atoms with Crippen LogP contribution in [0.4, 0.5) is 5.69 Å². The van der Waals surface area contributed by atoms with Crippen molar-refractivity contribution in [1.82, 2.24) is 9.78 Å². The van der Waals surface area contributed by atoms with E-state index in [1.165, 1.54) is 18.0 Å². The maximum atomic E-state index is 12.6. The smallest absolute Gasteiger partial charge is 0.347 e. The molecule has 0 atom stereocenters. The average molecular weight is 398 g/mol. The van der Waals surface area contributed by atoms with Gasteiger partial charge >= 0.3 is 5.63 Å². The number of ether oxygens (including phenoxy) is 1. The molecule has 4 aromatic rings. The first-order valence-corrected chi connectivity index (χ1v) is 8.86. The lowest BCUT2D eigenvalue weighted by Crippen LogP contribution is -2.20. The van der Waals surface area contributed by atoms with E-state index >= 15 is 0 Å². The van der Waals surface area contributed by atoms with Crippen LogP contribution in [0.15, 0.2) is 51.8 Å². The summed E-state index contributed by atoms with van der Waals surface area (Å²) in [5.41, 5.74) is 1.97. The third kappa shape index (κ3) is 3.20. The molecule has 7 nitrogen and oxygen atoms in total. The standard InChI is InChI=1S/C20H16ClN3O4/c1-11-3-5-16-13(7-11)19-14(20(26)28-16)9-22-24(19)10-18(25)23-15-8-12(21)4-6-17(15)27-2/h3-9H,10H2,1-2H3,(H,23,25). The fourth-order valence-corrected chi connectivity index (χ4v) is 3.29. The second-order valence-electron chi connectivity index (χ2n) is 6.35. The molecular weight excluding hydrogens is 382 g/mol. The Labute approximate surface area is 164 Å². The Balaban J connectivity index is 1.73. The fourth-order valence-electron chi connectivity index (χ4n) is 3.12. The lowest BCUT2D eigenvalue weighted by Gasteiger charge is -2.11. The normalized spacial score (nSPS) is 11.1. The molecule has 0 spiro atoms. The van der Waals surface area contributed by atoms with Crippen molar-refractivity contribution in [3.63, 3.8) is 0 Å². The van der Waals surface area contributed by atoms with Gasteiger partial charge in [0.1, 0.15) is 23.3 Å². The summed E-state index contributed by atoms with van der Waals surface area (Å²) in [6, 6.07) is 10.4. The first-order valence-electron chi connectivity index (χ1n) is 8.48. The highest BCUT2D eigenvalue weighted by atomic mass is 35.5. The van der Waals surface area contributed by atoms with E-state index in [0.29, 0.717) is 32.9 Å². The van der Waals surface area contributed by atoms with E-state index in [4.69, 9.17) is 20.8 Å². The molecule has 0 bridgehead atoms. The Morgan fingerprint density at radius 1 is 1.25 bits per heavy atom. The van der Waals surface area contributed by atoms with E-state index in [9.17, 15) is 9.59 Å². The summed E-state index contributed by atoms with van der Waals surface area (Å²) < 4.78 is 12.1. The van der Waals surface area contributed by atoms with Crippen LogP contribution in [0.3, 0.4) is 0 Å². The maximum absolute atomic E-state index is 12.6. The molecule has 28 heavy (non-hydrogen) atoms. The van der Waals surface area contributed by atoms with Crippen LogP contribution >= 0.6 is 11.6 Å². The van der Waals surface area contributed by atoms with Crippen molar-refractivity contribution < 1.29 is 13.9 Å². The first kappa shape index (κ1) is 18.1. The molecule has 4 rings (SSSR count). The SMILES string of the molecule is COc1ccc(Cl)cc1NC(=O)Cn1ncc2c(=O)oc3ccc(C)cc3c21. The number of carbonyl (C=O) groups excluding carboxylic acids is 1. The van der Waals surface area contributed by atoms with Crippen LogP contribution in [0, 0.1) is 6.92 Å². The van der Waals surface area contributed by atoms with Gasteiger partial charge in [-0.2, -0.15) is 5.10 Å². The van der Waals surface area contributed by atoms with Crippen LogP contribution < -0.4 is 15.7 Å². The molecule has 2 aromatic heterocycles. The number of nitrogens with zero attached hydrogens (tertiary/aromatic N) is 2. The number of anilines is 1. The number of hydrogen-bond acceptors (Lipinski definition) is 5. The van der Waals surface area contributed by atoms with E-state index in [2.05, 4.69) is 10.4 Å². The Morgan fingerprint density at radius 2 is 2.07 bits per heavy atom. The van der Waals surface area contributed by atoms with Gasteiger partial charge in [-0.25, -0.2) is 4.79 Å². The van der Waals surface area contributed by atoms with Crippen LogP contribution in [0.2, 0.25) is 5.02 Å². The minimum absolute atomic E-state index is 0.0916. The summed E-state index contributed by atoms with van der Waals surface area (Å²) in [6.07, 6.45) is 1.41. The molecule has 0 aliphatic carbocycles. The Hall–Kier alpha value is -3.32. The summed E-state index contributed by atoms with van der Waals surface area (Å²) in [5, 5.41) is 8.50. The molecular formula is C20H16ClN3O4. The predicted octanol–water partition coefficient (Wildman–Crippen LogP) is 3.75. The average Bonchev–Trinajstić information content (AvgIpc) is 3.07. The van der Waals surface area contributed by atoms with Crippen LogP contribution in [0.5, 0.6) is 5.75 Å². The zero-order valence-corrected chi connectivity index (χ0v) is 15.9. The van der Waals surface area contributed by atoms with Crippen LogP contribution in [-0.2, 0) is 11.3 Å². The van der Waals surface area contributed by atoms with Crippen molar-refractivity contribution in [3.05, 3.63) is 63.6 Å². The number of benzene rings is 2. The number of aryl methyl sites for hydroxylation is 1. The minimum atomic E-state index is -0.491. The monoisotopic (exact) mass is 397 g/mol. The molecule has 1 amide bonds. The molecule has 0 aliphatic rings. The van der Waals surface area contributed by atoms with E-state index in [1.807, 2.05) is 19.1 Å². The van der Waals surface area contributed by atoms with Gasteiger partial charge in [-0.1, -0.05) is 23.2 Å². The Bertz CT molecular complexity index is 1280. The summed E-state index contributed by atoms with van der Waals surface area (Å²) in [5.74, 6) is 0.157. The second kappa shape index (κ2) is 7.01. The highest BCUT2D eigenvalue weighted by Gasteiger charge is 2.16. The van der Waals surface area contributed by atoms with Gasteiger partial charge in [0.15, 0.2) is 0 Å². The molecule has 0 saturated heterocycles. The van der Waals surface area contributed by atoms with Crippen molar-refractivity contribution in [2.75, 3.05) is 12.4 Å². The number of carbonyl (C=O) groups is 1. The summed E-state index contributed by atoms with van der Waals surface area (Å²) in [7, 11) is 1.51. The largest absolute Gasteiger partial charge is 0.495 e. The molecule has 0 radical (unpaired) electrons. The van der Waals surface area contributed by atoms with Crippen molar-refractivity contribution in [2.45, 2.75) is 13.5 Å². The lowest BCUT2D eigenvalue weighted by atomic mass is 10.1. The minimum Gasteiger partial charge on any atom is -0.495 e. The van der Waals surface area contributed by atoms with Gasteiger partial charge in [0.2, 0.25) is 5.91 Å². The van der Waals surface area contributed by atoms with E-state index in [-0.39, 0.29) is 12.5 Å². The lowest BCUT2D eigenvalue weighted by molar-refractivity contribution is -0.116. The summed E-state index contributed by atoms with van der Waals surface area (Å²) in [4.78, 5) is 24.9. The van der Waals surface area contributed by atoms with Gasteiger partial charge < -0.3 is 14.5 Å². The Morgan fingerprint density at radius 3 is 2.86 bits per heavy atom. The predicted molar refractivity (Wildman–Crippen MR) is 107 cm³/mol. The molecule has 142 valence electrons. The topological polar surface area (TPSA) is 86.4 Å². The number of aromatic nitrogens is 2. The van der Waals surface area contributed by atoms with Gasteiger partial charge in [0.05, 0.1) is 24.5 Å². The van der Waals surface area contributed by atoms with Gasteiger partial charge in [-0.05, 0) is 37.3 Å². The molecule has 2 heterocycles. The van der Waals surface area contributed by atoms with E-state index < -0.39 is 5.63 Å². The van der Waals surface area contributed by atoms with Crippen LogP contribution in [-0.4, -0.2) is 22.8 Å². The number of halogens is 1. The molecule has 0 fully saturated rings. The molecule has 0 unspecified atom stereocenters. The number of fused-ring (bicyclic) bond motifs is 3. The highest BCUT2D eigenvalue weighted by Crippen LogP contribution is 2.28. The number of rotatable bonds is 4. The number of methoxy groups -OCH3 is 1. The third-order valence-electron chi connectivity index (χ3n) is 4.38. The summed E-state index contributed by atoms with van der Waals surface area (Å²) in [6.45, 7) is 1.85. The molecule has 0 saturated carbocycles. The zero-order valence-electron chi connectivity index (χ0n) is 15.2. The van der Waals surface area contributed by atoms with Crippen molar-refractivity contribution in [1.29, 1.82) is 0 Å². The highest BCUT2D eigenvalue weighted by molar-refractivity contribution is 6.31. The molecule has 0 aliphatic heterocycles. The number of amides is 1. The van der Waals surface area contributed by atoms with Gasteiger partial charge in [0.25, 0.3) is 0 Å². The first-order chi connectivity index (χ1) is 13.5. The quantitative estimate of drug-likeness (QED) is 0.530. The molecule has 8 heteroatoms. The van der Waals surface area contributed by atoms with Gasteiger partial charge in [0, 0.05) is 10.4 Å². The van der Waals surface area contributed by atoms with Crippen molar-refractivity contribution >= 4 is 45.1 Å². The van der Waals surface area contributed by atoms with E-state index in [1.54, 1.807) is 24.3 Å². The second-order valence-corrected chi connectivity index (χ2v) is 6.78. The number of nitrogens with one attached hydrogen (secondary N) is 1. The summed E-state index contributed by atoms with van der Waals surface area (Å²) >= 11 is 6.01. The Kier molecular flexibility index (Phi) is 4.52. The van der Waals surface area contributed by atoms with E-state index in [0.717, 1.165) is 10.9 Å². The van der Waals surface area contributed by atoms with Crippen LogP contribution in [0.25, 0.3) is 21.9 Å². The molecule has 1 N–H and O–H groups in total. The fraction of sp³-hybridized carbons (Fsp3) is 0.150. The third-order valence-corrected chi connectivity index (χ3v) is 4.62. The number of hydrogen-bond donors (Lipinski definition) is 1. The van der Waals surface area contributed by atoms with Crippen molar-refractivity contribution in [2.24, 2.45) is 0 Å². The van der Waals surface area contributed by atoms with Crippen LogP contribution in [0.1, 0.15) is 5.56 Å². The van der Waals surface area contributed by atoms with Gasteiger partial charge in [-0.15, -0.1) is 0 Å².